The van der Waals surface area contributed by atoms with Crippen molar-refractivity contribution in [3.05, 3.63) is 24.0 Å². The number of sulfonamides is 1. The molecule has 0 bridgehead atoms. The molecule has 3 N–H and O–H groups in total. The quantitative estimate of drug-likeness (QED) is 0.747. The van der Waals surface area contributed by atoms with Crippen molar-refractivity contribution >= 4 is 26.5 Å². The summed E-state index contributed by atoms with van der Waals surface area (Å²) in [5, 5.41) is 0. The van der Waals surface area contributed by atoms with Crippen LogP contribution in [0.3, 0.4) is 0 Å². The summed E-state index contributed by atoms with van der Waals surface area (Å²) in [6.07, 6.45) is 1.46. The van der Waals surface area contributed by atoms with Gasteiger partial charge in [0.25, 0.3) is 0 Å². The van der Waals surface area contributed by atoms with Crippen LogP contribution in [0.1, 0.15) is 0 Å². The van der Waals surface area contributed by atoms with E-state index in [1.807, 2.05) is 0 Å². The Bertz CT molecular complexity index is 531. The van der Waals surface area contributed by atoms with E-state index in [2.05, 4.69) is 4.72 Å². The molecule has 1 aromatic rings. The van der Waals surface area contributed by atoms with E-state index in [9.17, 15) is 17.0 Å². The first kappa shape index (κ1) is 14.1. The van der Waals surface area contributed by atoms with Crippen molar-refractivity contribution in [1.29, 1.82) is 0 Å². The molecule has 1 atom stereocenters. The van der Waals surface area contributed by atoms with Crippen LogP contribution in [0.15, 0.2) is 23.1 Å². The maximum absolute atomic E-state index is 13.1. The summed E-state index contributed by atoms with van der Waals surface area (Å²) in [6.45, 7) is 0.0153. The third-order valence-corrected chi connectivity index (χ3v) is 4.28. The molecule has 0 aromatic heterocycles. The van der Waals surface area contributed by atoms with Crippen LogP contribution in [0.2, 0.25) is 0 Å². The molecule has 0 aliphatic carbocycles. The monoisotopic (exact) mass is 280 g/mol. The van der Waals surface area contributed by atoms with Gasteiger partial charge in [-0.25, -0.2) is 17.5 Å². The van der Waals surface area contributed by atoms with E-state index in [1.165, 1.54) is 18.4 Å². The third-order valence-electron chi connectivity index (χ3n) is 1.98. The molecule has 0 aliphatic rings. The third kappa shape index (κ3) is 3.76. The number of para-hydroxylation sites is 1. The second-order valence-electron chi connectivity index (χ2n) is 3.33. The summed E-state index contributed by atoms with van der Waals surface area (Å²) < 4.78 is 49.5. The average Bonchev–Trinajstić information content (AvgIpc) is 2.21. The van der Waals surface area contributed by atoms with Crippen molar-refractivity contribution in [2.75, 3.05) is 24.3 Å². The topological polar surface area (TPSA) is 89.3 Å². The van der Waals surface area contributed by atoms with E-state index in [0.29, 0.717) is 0 Å². The molecule has 5 nitrogen and oxygen atoms in total. The summed E-state index contributed by atoms with van der Waals surface area (Å²) in [5.41, 5.74) is 4.93. The lowest BCUT2D eigenvalue weighted by atomic mass is 10.3. The number of halogens is 1. The SMILES string of the molecule is CS(=O)CCNS(=O)(=O)c1cccc(F)c1N. The van der Waals surface area contributed by atoms with E-state index in [4.69, 9.17) is 5.73 Å². The van der Waals surface area contributed by atoms with Gasteiger partial charge in [0.05, 0.1) is 5.69 Å². The molecule has 0 radical (unpaired) electrons. The molecule has 0 fully saturated rings. The van der Waals surface area contributed by atoms with Crippen LogP contribution in [0.4, 0.5) is 10.1 Å². The Hall–Kier alpha value is -0.990. The highest BCUT2D eigenvalue weighted by Crippen LogP contribution is 2.20. The van der Waals surface area contributed by atoms with Gasteiger partial charge in [0.2, 0.25) is 10.0 Å². The molecule has 1 aromatic carbocycles. The van der Waals surface area contributed by atoms with Crippen LogP contribution in [0.25, 0.3) is 0 Å². The Balaban J connectivity index is 2.90. The minimum absolute atomic E-state index is 0.0153. The molecule has 8 heteroatoms. The van der Waals surface area contributed by atoms with E-state index >= 15 is 0 Å². The number of benzene rings is 1. The second-order valence-corrected chi connectivity index (χ2v) is 6.62. The van der Waals surface area contributed by atoms with Gasteiger partial charge < -0.3 is 5.73 Å². The number of hydrogen-bond donors (Lipinski definition) is 2. The lowest BCUT2D eigenvalue weighted by Crippen LogP contribution is -2.28. The molecular weight excluding hydrogens is 267 g/mol. The van der Waals surface area contributed by atoms with Gasteiger partial charge in [-0.2, -0.15) is 0 Å². The van der Waals surface area contributed by atoms with Crippen molar-refractivity contribution in [2.45, 2.75) is 4.90 Å². The Morgan fingerprint density at radius 3 is 2.71 bits per heavy atom. The standard InChI is InChI=1S/C9H13FN2O3S2/c1-16(13)6-5-12-17(14,15)8-4-2-3-7(10)9(8)11/h2-4,12H,5-6,11H2,1H3. The predicted octanol–water partition coefficient (Wildman–Crippen LogP) is 0.0647. The number of rotatable bonds is 5. The summed E-state index contributed by atoms with van der Waals surface area (Å²) in [6, 6.07) is 3.55. The zero-order chi connectivity index (χ0) is 13.1. The fourth-order valence-electron chi connectivity index (χ4n) is 1.15. The van der Waals surface area contributed by atoms with Crippen molar-refractivity contribution < 1.29 is 17.0 Å². The first-order chi connectivity index (χ1) is 7.84. The predicted molar refractivity (Wildman–Crippen MR) is 64.9 cm³/mol. The fourth-order valence-corrected chi connectivity index (χ4v) is 2.84. The Morgan fingerprint density at radius 1 is 1.47 bits per heavy atom. The second kappa shape index (κ2) is 5.56. The van der Waals surface area contributed by atoms with Gasteiger partial charge in [0, 0.05) is 29.4 Å². The molecule has 0 saturated heterocycles. The Kier molecular flexibility index (Phi) is 4.61. The first-order valence-electron chi connectivity index (χ1n) is 4.68. The highest BCUT2D eigenvalue weighted by molar-refractivity contribution is 7.89. The highest BCUT2D eigenvalue weighted by atomic mass is 32.2. The Morgan fingerprint density at radius 2 is 2.12 bits per heavy atom. The van der Waals surface area contributed by atoms with E-state index in [1.54, 1.807) is 0 Å². The molecule has 17 heavy (non-hydrogen) atoms. The van der Waals surface area contributed by atoms with Crippen LogP contribution in [0, 0.1) is 5.82 Å². The van der Waals surface area contributed by atoms with Crippen LogP contribution in [0.5, 0.6) is 0 Å². The number of nitrogen functional groups attached to an aromatic ring is 1. The van der Waals surface area contributed by atoms with Gasteiger partial charge in [-0.05, 0) is 12.1 Å². The van der Waals surface area contributed by atoms with Crippen molar-refractivity contribution in [3.63, 3.8) is 0 Å². The molecule has 0 saturated carbocycles. The summed E-state index contributed by atoms with van der Waals surface area (Å²) in [5.74, 6) is -0.596. The van der Waals surface area contributed by atoms with Crippen molar-refractivity contribution in [3.8, 4) is 0 Å². The van der Waals surface area contributed by atoms with Gasteiger partial charge in [-0.3, -0.25) is 4.21 Å². The highest BCUT2D eigenvalue weighted by Gasteiger charge is 2.18. The number of nitrogens with two attached hydrogens (primary N) is 1. The zero-order valence-electron chi connectivity index (χ0n) is 9.14. The minimum atomic E-state index is -3.86. The lowest BCUT2D eigenvalue weighted by Gasteiger charge is -2.08. The van der Waals surface area contributed by atoms with Crippen LogP contribution in [-0.4, -0.2) is 31.2 Å². The zero-order valence-corrected chi connectivity index (χ0v) is 10.8. The smallest absolute Gasteiger partial charge is 0.242 e. The first-order valence-corrected chi connectivity index (χ1v) is 7.89. The van der Waals surface area contributed by atoms with Crippen LogP contribution < -0.4 is 10.5 Å². The van der Waals surface area contributed by atoms with Crippen molar-refractivity contribution in [1.82, 2.24) is 4.72 Å². The molecule has 0 aliphatic heterocycles. The van der Waals surface area contributed by atoms with Gasteiger partial charge in [-0.15, -0.1) is 0 Å². The molecule has 0 heterocycles. The summed E-state index contributed by atoms with van der Waals surface area (Å²) >= 11 is 0. The molecule has 0 amide bonds. The van der Waals surface area contributed by atoms with Gasteiger partial charge in [-0.1, -0.05) is 6.07 Å². The number of hydrogen-bond acceptors (Lipinski definition) is 4. The maximum Gasteiger partial charge on any atom is 0.242 e. The maximum atomic E-state index is 13.1. The van der Waals surface area contributed by atoms with E-state index in [-0.39, 0.29) is 17.2 Å². The summed E-state index contributed by atoms with van der Waals surface area (Å²) in [4.78, 5) is -0.306. The molecule has 1 rings (SSSR count). The molecule has 96 valence electrons. The normalized spacial score (nSPS) is 13.5. The minimum Gasteiger partial charge on any atom is -0.395 e. The van der Waals surface area contributed by atoms with Crippen LogP contribution >= 0.6 is 0 Å². The van der Waals surface area contributed by atoms with E-state index < -0.39 is 32.3 Å². The van der Waals surface area contributed by atoms with Crippen molar-refractivity contribution in [2.24, 2.45) is 0 Å². The Labute approximate surface area is 102 Å². The van der Waals surface area contributed by atoms with Crippen LogP contribution in [-0.2, 0) is 20.8 Å². The largest absolute Gasteiger partial charge is 0.395 e. The lowest BCUT2D eigenvalue weighted by molar-refractivity contribution is 0.581. The van der Waals surface area contributed by atoms with Gasteiger partial charge in [0.1, 0.15) is 10.7 Å². The van der Waals surface area contributed by atoms with E-state index in [0.717, 1.165) is 6.07 Å². The molecule has 0 spiro atoms. The molecular formula is C9H13FN2O3S2. The average molecular weight is 280 g/mol. The number of anilines is 1. The summed E-state index contributed by atoms with van der Waals surface area (Å²) in [7, 11) is -4.96. The fraction of sp³-hybridized carbons (Fsp3) is 0.333. The van der Waals surface area contributed by atoms with Gasteiger partial charge >= 0.3 is 0 Å². The molecule has 1 unspecified atom stereocenters. The van der Waals surface area contributed by atoms with Gasteiger partial charge in [0.15, 0.2) is 0 Å². The number of nitrogens with one attached hydrogen (secondary N) is 1.